The molecule has 0 unspecified atom stereocenters. The summed E-state index contributed by atoms with van der Waals surface area (Å²) < 4.78 is 32.4. The quantitative estimate of drug-likeness (QED) is 0.518. The van der Waals surface area contributed by atoms with Crippen LogP contribution >= 0.6 is 0 Å². The van der Waals surface area contributed by atoms with Crippen molar-refractivity contribution in [2.45, 2.75) is 31.1 Å². The number of phenolic OH excluding ortho intramolecular Hbond substituents is 1. The van der Waals surface area contributed by atoms with Crippen molar-refractivity contribution in [2.75, 3.05) is 19.7 Å². The van der Waals surface area contributed by atoms with Crippen LogP contribution in [0.5, 0.6) is 11.5 Å². The van der Waals surface area contributed by atoms with E-state index in [0.29, 0.717) is 31.0 Å². The molecule has 0 saturated carbocycles. The molecule has 1 aliphatic heterocycles. The molecule has 0 spiro atoms. The summed E-state index contributed by atoms with van der Waals surface area (Å²) in [5.74, 6) is -0.308. The van der Waals surface area contributed by atoms with E-state index in [1.807, 2.05) is 0 Å². The molecule has 9 heteroatoms. The lowest BCUT2D eigenvalue weighted by Crippen LogP contribution is -2.35. The van der Waals surface area contributed by atoms with E-state index in [1.165, 1.54) is 34.8 Å². The van der Waals surface area contributed by atoms with Crippen LogP contribution in [-0.2, 0) is 10.0 Å². The zero-order valence-electron chi connectivity index (χ0n) is 16.7. The number of aromatic hydroxyl groups is 1. The second-order valence-corrected chi connectivity index (χ2v) is 8.76. The lowest BCUT2D eigenvalue weighted by Gasteiger charge is -2.25. The molecule has 30 heavy (non-hydrogen) atoms. The number of piperidine rings is 1. The summed E-state index contributed by atoms with van der Waals surface area (Å²) in [5, 5.41) is 14.0. The zero-order chi connectivity index (χ0) is 21.6. The Morgan fingerprint density at radius 3 is 2.67 bits per heavy atom. The van der Waals surface area contributed by atoms with E-state index in [1.54, 1.807) is 25.1 Å². The number of nitrogens with zero attached hydrogens (tertiary/aromatic N) is 2. The first-order valence-electron chi connectivity index (χ1n) is 9.82. The lowest BCUT2D eigenvalue weighted by atomic mass is 10.2. The van der Waals surface area contributed by atoms with Crippen molar-refractivity contribution < 1.29 is 23.1 Å². The normalized spacial score (nSPS) is 15.2. The number of sulfonamides is 1. The van der Waals surface area contributed by atoms with Crippen molar-refractivity contribution in [1.29, 1.82) is 0 Å². The highest BCUT2D eigenvalue weighted by Crippen LogP contribution is 2.28. The van der Waals surface area contributed by atoms with Gasteiger partial charge >= 0.3 is 0 Å². The third-order valence-electron chi connectivity index (χ3n) is 4.75. The van der Waals surface area contributed by atoms with Gasteiger partial charge in [-0.15, -0.1) is 0 Å². The number of carbonyl (C=O) groups excluding carboxylic acids is 1. The topological polar surface area (TPSA) is 108 Å². The number of para-hydroxylation sites is 1. The molecule has 0 aliphatic carbocycles. The van der Waals surface area contributed by atoms with E-state index in [0.717, 1.165) is 19.3 Å². The van der Waals surface area contributed by atoms with Gasteiger partial charge in [-0.05, 0) is 50.1 Å². The minimum absolute atomic E-state index is 0.0769. The lowest BCUT2D eigenvalue weighted by molar-refractivity contribution is 0.0955. The minimum Gasteiger partial charge on any atom is -0.504 e. The third kappa shape index (κ3) is 4.98. The monoisotopic (exact) mass is 431 g/mol. The first-order valence-corrected chi connectivity index (χ1v) is 11.3. The van der Waals surface area contributed by atoms with Gasteiger partial charge in [-0.1, -0.05) is 18.6 Å². The summed E-state index contributed by atoms with van der Waals surface area (Å²) in [6, 6.07) is 10.8. The first-order chi connectivity index (χ1) is 14.4. The number of benzene rings is 2. The fourth-order valence-corrected chi connectivity index (χ4v) is 4.76. The van der Waals surface area contributed by atoms with Crippen LogP contribution in [0.3, 0.4) is 0 Å². The smallest absolute Gasteiger partial charge is 0.271 e. The molecule has 0 bridgehead atoms. The van der Waals surface area contributed by atoms with Crippen LogP contribution in [-0.4, -0.2) is 49.6 Å². The predicted molar refractivity (Wildman–Crippen MR) is 113 cm³/mol. The highest BCUT2D eigenvalue weighted by atomic mass is 32.2. The van der Waals surface area contributed by atoms with Crippen molar-refractivity contribution in [3.63, 3.8) is 0 Å². The molecule has 3 rings (SSSR count). The Morgan fingerprint density at radius 2 is 1.93 bits per heavy atom. The molecule has 2 aromatic rings. The minimum atomic E-state index is -3.63. The van der Waals surface area contributed by atoms with Crippen LogP contribution in [0.15, 0.2) is 52.5 Å². The van der Waals surface area contributed by atoms with Crippen LogP contribution in [0.25, 0.3) is 0 Å². The first kappa shape index (κ1) is 21.8. The molecule has 2 N–H and O–H groups in total. The molecule has 2 aromatic carbocycles. The molecule has 1 aliphatic rings. The molecule has 8 nitrogen and oxygen atoms in total. The van der Waals surface area contributed by atoms with Gasteiger partial charge in [0.15, 0.2) is 11.5 Å². The number of hydrogen-bond donors (Lipinski definition) is 2. The molecule has 0 atom stereocenters. The number of carbonyl (C=O) groups is 1. The van der Waals surface area contributed by atoms with Gasteiger partial charge in [0.2, 0.25) is 10.0 Å². The van der Waals surface area contributed by atoms with Crippen LogP contribution in [0.4, 0.5) is 0 Å². The zero-order valence-corrected chi connectivity index (χ0v) is 17.6. The van der Waals surface area contributed by atoms with Crippen LogP contribution in [0.2, 0.25) is 0 Å². The number of nitrogens with one attached hydrogen (secondary N) is 1. The summed E-state index contributed by atoms with van der Waals surface area (Å²) in [7, 11) is -3.63. The number of hydrazone groups is 1. The summed E-state index contributed by atoms with van der Waals surface area (Å²) in [6.07, 6.45) is 4.00. The average Bonchev–Trinajstić information content (AvgIpc) is 2.77. The van der Waals surface area contributed by atoms with Gasteiger partial charge in [0, 0.05) is 24.2 Å². The maximum atomic E-state index is 12.8. The Morgan fingerprint density at radius 1 is 1.20 bits per heavy atom. The second-order valence-electron chi connectivity index (χ2n) is 6.82. The van der Waals surface area contributed by atoms with E-state index in [9.17, 15) is 18.3 Å². The molecule has 160 valence electrons. The number of amides is 1. The molecule has 0 aromatic heterocycles. The fraction of sp³-hybridized carbons (Fsp3) is 0.333. The van der Waals surface area contributed by atoms with Crippen molar-refractivity contribution in [3.05, 3.63) is 53.6 Å². The largest absolute Gasteiger partial charge is 0.504 e. The van der Waals surface area contributed by atoms with Crippen LogP contribution in [0.1, 0.15) is 42.1 Å². The summed E-state index contributed by atoms with van der Waals surface area (Å²) in [6.45, 7) is 3.20. The SMILES string of the molecule is CCOc1cccc(/C=N/NC(=O)c2cccc(S(=O)(=O)N3CCCCC3)c2)c1O. The maximum absolute atomic E-state index is 12.8. The van der Waals surface area contributed by atoms with Crippen LogP contribution < -0.4 is 10.2 Å². The molecular weight excluding hydrogens is 406 g/mol. The van der Waals surface area contributed by atoms with Gasteiger partial charge < -0.3 is 9.84 Å². The van der Waals surface area contributed by atoms with Gasteiger partial charge in [0.1, 0.15) is 0 Å². The number of rotatable bonds is 7. The average molecular weight is 432 g/mol. The Labute approximate surface area is 176 Å². The Kier molecular flexibility index (Phi) is 7.07. The molecule has 1 saturated heterocycles. The van der Waals surface area contributed by atoms with E-state index in [2.05, 4.69) is 10.5 Å². The second kappa shape index (κ2) is 9.73. The van der Waals surface area contributed by atoms with Gasteiger partial charge in [-0.25, -0.2) is 13.8 Å². The van der Waals surface area contributed by atoms with Crippen LogP contribution in [0, 0.1) is 0 Å². The summed E-state index contributed by atoms with van der Waals surface area (Å²) >= 11 is 0. The molecule has 0 radical (unpaired) electrons. The molecule has 1 fully saturated rings. The molecular formula is C21H25N3O5S. The van der Waals surface area contributed by atoms with E-state index < -0.39 is 15.9 Å². The standard InChI is InChI=1S/C21H25N3O5S/c1-2-29-19-11-7-9-17(20(19)25)15-22-23-21(26)16-8-6-10-18(14-16)30(27,28)24-12-4-3-5-13-24/h6-11,14-15,25H,2-5,12-13H2,1H3,(H,23,26)/b22-15+. The fourth-order valence-electron chi connectivity index (χ4n) is 3.19. The summed E-state index contributed by atoms with van der Waals surface area (Å²) in [5.41, 5.74) is 2.91. The Bertz CT molecular complexity index is 1030. The summed E-state index contributed by atoms with van der Waals surface area (Å²) in [4.78, 5) is 12.5. The number of ether oxygens (including phenoxy) is 1. The van der Waals surface area contributed by atoms with Crippen molar-refractivity contribution in [1.82, 2.24) is 9.73 Å². The van der Waals surface area contributed by atoms with E-state index >= 15 is 0 Å². The van der Waals surface area contributed by atoms with Gasteiger partial charge in [0.25, 0.3) is 5.91 Å². The van der Waals surface area contributed by atoms with Gasteiger partial charge in [0.05, 0.1) is 17.7 Å². The third-order valence-corrected chi connectivity index (χ3v) is 6.64. The number of hydrogen-bond acceptors (Lipinski definition) is 6. The molecule has 1 heterocycles. The Hall–Kier alpha value is -2.91. The van der Waals surface area contributed by atoms with Gasteiger partial charge in [-0.2, -0.15) is 9.41 Å². The van der Waals surface area contributed by atoms with E-state index in [-0.39, 0.29) is 16.2 Å². The van der Waals surface area contributed by atoms with Crippen molar-refractivity contribution >= 4 is 22.1 Å². The van der Waals surface area contributed by atoms with Crippen molar-refractivity contribution in [2.24, 2.45) is 5.10 Å². The molecule has 1 amide bonds. The maximum Gasteiger partial charge on any atom is 0.271 e. The highest BCUT2D eigenvalue weighted by molar-refractivity contribution is 7.89. The Balaban J connectivity index is 1.72. The number of phenols is 1. The van der Waals surface area contributed by atoms with Crippen molar-refractivity contribution in [3.8, 4) is 11.5 Å². The predicted octanol–water partition coefficient (Wildman–Crippen LogP) is 2.73. The highest BCUT2D eigenvalue weighted by Gasteiger charge is 2.26. The van der Waals surface area contributed by atoms with Gasteiger partial charge in [-0.3, -0.25) is 4.79 Å². The van der Waals surface area contributed by atoms with E-state index in [4.69, 9.17) is 4.74 Å².